The van der Waals surface area contributed by atoms with Crippen LogP contribution < -0.4 is 5.32 Å². The van der Waals surface area contributed by atoms with E-state index in [1.54, 1.807) is 11.3 Å². The molecule has 0 radical (unpaired) electrons. The topological polar surface area (TPSA) is 37.8 Å². The van der Waals surface area contributed by atoms with Crippen LogP contribution in [0.3, 0.4) is 0 Å². The molecule has 1 N–H and O–H groups in total. The fourth-order valence-corrected chi connectivity index (χ4v) is 2.93. The molecule has 0 unspecified atom stereocenters. The van der Waals surface area contributed by atoms with Gasteiger partial charge < -0.3 is 5.32 Å². The van der Waals surface area contributed by atoms with Crippen molar-refractivity contribution < 1.29 is 0 Å². The molecule has 0 aliphatic heterocycles. The highest BCUT2D eigenvalue weighted by Crippen LogP contribution is 2.27. The summed E-state index contributed by atoms with van der Waals surface area (Å²) in [5.41, 5.74) is 2.37. The summed E-state index contributed by atoms with van der Waals surface area (Å²) in [7, 11) is 0. The van der Waals surface area contributed by atoms with Gasteiger partial charge >= 0.3 is 0 Å². The molecule has 2 rings (SSSR count). The first-order valence-corrected chi connectivity index (χ1v) is 8.14. The zero-order valence-corrected chi connectivity index (χ0v) is 13.5. The van der Waals surface area contributed by atoms with Crippen LogP contribution in [0.5, 0.6) is 0 Å². The predicted molar refractivity (Wildman–Crippen MR) is 87.4 cm³/mol. The fraction of sp³-hybridized carbons (Fsp3) is 0.500. The van der Waals surface area contributed by atoms with Gasteiger partial charge in [-0.1, -0.05) is 20.8 Å². The number of nitrogens with one attached hydrogen (secondary N) is 1. The van der Waals surface area contributed by atoms with Crippen molar-refractivity contribution in [1.82, 2.24) is 9.97 Å². The summed E-state index contributed by atoms with van der Waals surface area (Å²) >= 11 is 1.71. The molecule has 0 amide bonds. The molecule has 0 saturated heterocycles. The summed E-state index contributed by atoms with van der Waals surface area (Å²) in [4.78, 5) is 10.6. The lowest BCUT2D eigenvalue weighted by Crippen LogP contribution is -2.07. The van der Waals surface area contributed by atoms with E-state index in [2.05, 4.69) is 55.5 Å². The summed E-state index contributed by atoms with van der Waals surface area (Å²) in [6.07, 6.45) is 2.08. The monoisotopic (exact) mass is 289 g/mol. The van der Waals surface area contributed by atoms with E-state index in [4.69, 9.17) is 4.98 Å². The Morgan fingerprint density at radius 2 is 2.10 bits per heavy atom. The molecule has 0 aliphatic carbocycles. The highest BCUT2D eigenvalue weighted by molar-refractivity contribution is 7.13. The SMILES string of the molecule is CCCNc1cc(CC(C)C)nc(-c2sccc2C)n1. The first-order valence-electron chi connectivity index (χ1n) is 7.26. The summed E-state index contributed by atoms with van der Waals surface area (Å²) < 4.78 is 0. The number of aryl methyl sites for hydroxylation is 1. The van der Waals surface area contributed by atoms with Gasteiger partial charge in [0.25, 0.3) is 0 Å². The Labute approximate surface area is 125 Å². The van der Waals surface area contributed by atoms with Gasteiger partial charge in [0.2, 0.25) is 0 Å². The van der Waals surface area contributed by atoms with Crippen LogP contribution in [0.15, 0.2) is 17.5 Å². The minimum absolute atomic E-state index is 0.598. The van der Waals surface area contributed by atoms with Gasteiger partial charge in [0.15, 0.2) is 5.82 Å². The molecule has 4 heteroatoms. The summed E-state index contributed by atoms with van der Waals surface area (Å²) in [5, 5.41) is 5.48. The third-order valence-electron chi connectivity index (χ3n) is 3.02. The number of hydrogen-bond acceptors (Lipinski definition) is 4. The van der Waals surface area contributed by atoms with Crippen molar-refractivity contribution in [3.05, 3.63) is 28.8 Å². The first kappa shape index (κ1) is 15.0. The number of anilines is 1. The molecular weight excluding hydrogens is 266 g/mol. The fourth-order valence-electron chi connectivity index (χ4n) is 2.07. The van der Waals surface area contributed by atoms with E-state index >= 15 is 0 Å². The zero-order valence-electron chi connectivity index (χ0n) is 12.7. The maximum atomic E-state index is 4.74. The molecule has 20 heavy (non-hydrogen) atoms. The molecule has 2 aromatic rings. The first-order chi connectivity index (χ1) is 9.60. The smallest absolute Gasteiger partial charge is 0.172 e. The molecule has 0 fully saturated rings. The van der Waals surface area contributed by atoms with Gasteiger partial charge in [-0.2, -0.15) is 0 Å². The number of hydrogen-bond donors (Lipinski definition) is 1. The molecular formula is C16H23N3S. The van der Waals surface area contributed by atoms with E-state index in [0.717, 1.165) is 36.7 Å². The maximum Gasteiger partial charge on any atom is 0.172 e. The molecule has 3 nitrogen and oxygen atoms in total. The largest absolute Gasteiger partial charge is 0.370 e. The Hall–Kier alpha value is -1.42. The van der Waals surface area contributed by atoms with Crippen LogP contribution in [-0.4, -0.2) is 16.5 Å². The van der Waals surface area contributed by atoms with E-state index in [0.29, 0.717) is 5.92 Å². The van der Waals surface area contributed by atoms with E-state index in [1.165, 1.54) is 10.4 Å². The molecule has 108 valence electrons. The van der Waals surface area contributed by atoms with Crippen molar-refractivity contribution in [2.75, 3.05) is 11.9 Å². The molecule has 2 aromatic heterocycles. The van der Waals surface area contributed by atoms with Crippen LogP contribution in [0.1, 0.15) is 38.4 Å². The lowest BCUT2D eigenvalue weighted by atomic mass is 10.1. The molecule has 2 heterocycles. The molecule has 0 aromatic carbocycles. The van der Waals surface area contributed by atoms with Crippen molar-refractivity contribution in [1.29, 1.82) is 0 Å². The number of aromatic nitrogens is 2. The molecule has 0 spiro atoms. The Morgan fingerprint density at radius 3 is 2.70 bits per heavy atom. The van der Waals surface area contributed by atoms with Gasteiger partial charge in [-0.15, -0.1) is 11.3 Å². The number of nitrogens with zero attached hydrogens (tertiary/aromatic N) is 2. The minimum Gasteiger partial charge on any atom is -0.370 e. The summed E-state index contributed by atoms with van der Waals surface area (Å²) in [5.74, 6) is 2.40. The zero-order chi connectivity index (χ0) is 14.5. The van der Waals surface area contributed by atoms with Gasteiger partial charge in [-0.3, -0.25) is 0 Å². The van der Waals surface area contributed by atoms with Crippen LogP contribution in [-0.2, 0) is 6.42 Å². The molecule has 0 bridgehead atoms. The van der Waals surface area contributed by atoms with E-state index in [-0.39, 0.29) is 0 Å². The van der Waals surface area contributed by atoms with Crippen molar-refractivity contribution in [3.8, 4) is 10.7 Å². The highest BCUT2D eigenvalue weighted by Gasteiger charge is 2.11. The van der Waals surface area contributed by atoms with Gasteiger partial charge in [0, 0.05) is 18.3 Å². The second-order valence-electron chi connectivity index (χ2n) is 5.53. The number of rotatable bonds is 6. The van der Waals surface area contributed by atoms with Crippen LogP contribution in [0.4, 0.5) is 5.82 Å². The summed E-state index contributed by atoms with van der Waals surface area (Å²) in [6, 6.07) is 4.21. The lowest BCUT2D eigenvalue weighted by molar-refractivity contribution is 0.635. The van der Waals surface area contributed by atoms with Gasteiger partial charge in [-0.05, 0) is 42.7 Å². The van der Waals surface area contributed by atoms with E-state index in [1.807, 2.05) is 0 Å². The third-order valence-corrected chi connectivity index (χ3v) is 4.03. The normalized spacial score (nSPS) is 11.1. The van der Waals surface area contributed by atoms with Crippen molar-refractivity contribution in [2.24, 2.45) is 5.92 Å². The Morgan fingerprint density at radius 1 is 1.30 bits per heavy atom. The average Bonchev–Trinajstić information content (AvgIpc) is 2.81. The highest BCUT2D eigenvalue weighted by atomic mass is 32.1. The van der Waals surface area contributed by atoms with Crippen molar-refractivity contribution in [2.45, 2.75) is 40.5 Å². The van der Waals surface area contributed by atoms with Gasteiger partial charge in [0.1, 0.15) is 5.82 Å². The Balaban J connectivity index is 2.37. The quantitative estimate of drug-likeness (QED) is 0.848. The van der Waals surface area contributed by atoms with Crippen LogP contribution >= 0.6 is 11.3 Å². The maximum absolute atomic E-state index is 4.74. The number of thiophene rings is 1. The Bertz CT molecular complexity index is 561. The van der Waals surface area contributed by atoms with Crippen molar-refractivity contribution >= 4 is 17.2 Å². The lowest BCUT2D eigenvalue weighted by Gasteiger charge is -2.10. The average molecular weight is 289 g/mol. The third kappa shape index (κ3) is 3.79. The van der Waals surface area contributed by atoms with E-state index < -0.39 is 0 Å². The second-order valence-corrected chi connectivity index (χ2v) is 6.44. The predicted octanol–water partition coefficient (Wildman–Crippen LogP) is 4.53. The van der Waals surface area contributed by atoms with Crippen LogP contribution in [0.25, 0.3) is 10.7 Å². The van der Waals surface area contributed by atoms with Crippen molar-refractivity contribution in [3.63, 3.8) is 0 Å². The standard InChI is InChI=1S/C16H23N3S/c1-5-7-17-14-10-13(9-11(2)3)18-16(19-14)15-12(4)6-8-20-15/h6,8,10-11H,5,7,9H2,1-4H3,(H,17,18,19). The van der Waals surface area contributed by atoms with Crippen LogP contribution in [0, 0.1) is 12.8 Å². The van der Waals surface area contributed by atoms with Crippen LogP contribution in [0.2, 0.25) is 0 Å². The molecule has 0 saturated carbocycles. The van der Waals surface area contributed by atoms with E-state index in [9.17, 15) is 0 Å². The molecule has 0 aliphatic rings. The Kier molecular flexibility index (Phi) is 5.12. The summed E-state index contributed by atoms with van der Waals surface area (Å²) in [6.45, 7) is 9.66. The minimum atomic E-state index is 0.598. The molecule has 0 atom stereocenters. The van der Waals surface area contributed by atoms with Gasteiger partial charge in [0.05, 0.1) is 4.88 Å². The second kappa shape index (κ2) is 6.84. The van der Waals surface area contributed by atoms with Gasteiger partial charge in [-0.25, -0.2) is 9.97 Å².